The van der Waals surface area contributed by atoms with Gasteiger partial charge in [-0.1, -0.05) is 48.0 Å². The highest BCUT2D eigenvalue weighted by Crippen LogP contribution is 2.32. The zero-order valence-corrected chi connectivity index (χ0v) is 11.9. The van der Waals surface area contributed by atoms with Crippen LogP contribution >= 0.6 is 11.6 Å². The predicted octanol–water partition coefficient (Wildman–Crippen LogP) is 4.86. The van der Waals surface area contributed by atoms with Crippen LogP contribution in [-0.4, -0.2) is 11.2 Å². The summed E-state index contributed by atoms with van der Waals surface area (Å²) in [7, 11) is 0. The number of hydrogen-bond acceptors (Lipinski definition) is 3. The summed E-state index contributed by atoms with van der Waals surface area (Å²) in [6.07, 6.45) is 1.18. The van der Waals surface area contributed by atoms with E-state index in [-0.39, 0.29) is 10.8 Å². The highest BCUT2D eigenvalue weighted by Gasteiger charge is 2.31. The molecule has 0 bridgehead atoms. The number of benzene rings is 1. The Morgan fingerprint density at radius 1 is 1.18 bits per heavy atom. The predicted molar refractivity (Wildman–Crippen MR) is 81.8 cm³/mol. The highest BCUT2D eigenvalue weighted by molar-refractivity contribution is 6.32. The molecule has 0 fully saturated rings. The molecular weight excluding hydrogens is 315 g/mol. The molecule has 0 radical (unpaired) electrons. The third-order valence-electron chi connectivity index (χ3n) is 2.59. The van der Waals surface area contributed by atoms with Crippen molar-refractivity contribution >= 4 is 29.7 Å². The maximum absolute atomic E-state index is 12.5. The Hall–Kier alpha value is -2.34. The molecule has 0 spiro atoms. The fraction of sp³-hybridized carbons (Fsp3) is 0.0667. The Labute approximate surface area is 130 Å². The van der Waals surface area contributed by atoms with Gasteiger partial charge in [0.15, 0.2) is 5.82 Å². The normalized spacial score (nSPS) is 12.2. The topological polar surface area (TPSA) is 37.3 Å². The van der Waals surface area contributed by atoms with Crippen molar-refractivity contribution in [2.24, 2.45) is 5.10 Å². The minimum Gasteiger partial charge on any atom is -0.260 e. The van der Waals surface area contributed by atoms with E-state index >= 15 is 0 Å². The average Bonchev–Trinajstić information content (AvgIpc) is 2.48. The van der Waals surface area contributed by atoms with Gasteiger partial charge in [-0.2, -0.15) is 18.3 Å². The molecule has 3 nitrogen and oxygen atoms in total. The van der Waals surface area contributed by atoms with Crippen LogP contribution in [-0.2, 0) is 6.18 Å². The number of nitrogens with one attached hydrogen (secondary N) is 1. The molecule has 2 aromatic rings. The van der Waals surface area contributed by atoms with Crippen LogP contribution in [0.3, 0.4) is 0 Å². The molecule has 0 aliphatic heterocycles. The van der Waals surface area contributed by atoms with Gasteiger partial charge in [-0.3, -0.25) is 5.43 Å². The van der Waals surface area contributed by atoms with Gasteiger partial charge < -0.3 is 0 Å². The quantitative estimate of drug-likeness (QED) is 0.643. The van der Waals surface area contributed by atoms with Crippen molar-refractivity contribution in [1.82, 2.24) is 4.98 Å². The maximum atomic E-state index is 12.5. The Kier molecular flexibility index (Phi) is 5.16. The molecule has 0 amide bonds. The van der Waals surface area contributed by atoms with Gasteiger partial charge in [0.1, 0.15) is 0 Å². The van der Waals surface area contributed by atoms with Gasteiger partial charge in [0, 0.05) is 12.4 Å². The molecule has 1 aromatic heterocycles. The molecule has 1 N–H and O–H groups in total. The number of allylic oxidation sites excluding steroid dienone is 1. The van der Waals surface area contributed by atoms with E-state index < -0.39 is 11.7 Å². The van der Waals surface area contributed by atoms with Crippen molar-refractivity contribution in [3.63, 3.8) is 0 Å². The molecule has 0 atom stereocenters. The van der Waals surface area contributed by atoms with Crippen molar-refractivity contribution in [1.29, 1.82) is 0 Å². The van der Waals surface area contributed by atoms with E-state index in [1.165, 1.54) is 6.21 Å². The Morgan fingerprint density at radius 2 is 1.91 bits per heavy atom. The number of hydrogen-bond donors (Lipinski definition) is 1. The second kappa shape index (κ2) is 7.09. The standard InChI is InChI=1S/C15H11ClF3N3/c16-13-9-12(15(17,18)19)10-20-14(13)22-21-8-4-7-11-5-2-1-3-6-11/h1-10H,(H,20,22). The first-order valence-electron chi connectivity index (χ1n) is 6.20. The van der Waals surface area contributed by atoms with Gasteiger partial charge in [-0.05, 0) is 17.7 Å². The third-order valence-corrected chi connectivity index (χ3v) is 2.88. The first-order chi connectivity index (χ1) is 10.5. The van der Waals surface area contributed by atoms with Crippen LogP contribution in [0.4, 0.5) is 19.0 Å². The molecule has 0 saturated carbocycles. The summed E-state index contributed by atoms with van der Waals surface area (Å²) in [5.41, 5.74) is 2.58. The van der Waals surface area contributed by atoms with E-state index in [0.29, 0.717) is 6.20 Å². The largest absolute Gasteiger partial charge is 0.417 e. The van der Waals surface area contributed by atoms with Gasteiger partial charge in [0.25, 0.3) is 0 Å². The molecule has 0 aliphatic rings. The van der Waals surface area contributed by atoms with Crippen molar-refractivity contribution < 1.29 is 13.2 Å². The molecule has 1 aromatic carbocycles. The van der Waals surface area contributed by atoms with E-state index in [4.69, 9.17) is 11.6 Å². The fourth-order valence-electron chi connectivity index (χ4n) is 1.53. The van der Waals surface area contributed by atoms with Crippen LogP contribution in [0.25, 0.3) is 6.08 Å². The van der Waals surface area contributed by atoms with Crippen molar-refractivity contribution in [3.05, 3.63) is 64.8 Å². The number of rotatable bonds is 4. The number of pyridine rings is 1. The van der Waals surface area contributed by atoms with E-state index in [2.05, 4.69) is 15.5 Å². The summed E-state index contributed by atoms with van der Waals surface area (Å²) >= 11 is 5.73. The number of nitrogens with zero attached hydrogens (tertiary/aromatic N) is 2. The van der Waals surface area contributed by atoms with Gasteiger partial charge in [0.05, 0.1) is 10.6 Å². The second-order valence-corrected chi connectivity index (χ2v) is 4.62. The summed E-state index contributed by atoms with van der Waals surface area (Å²) in [5.74, 6) is 0.0547. The summed E-state index contributed by atoms with van der Waals surface area (Å²) in [6, 6.07) is 10.4. The van der Waals surface area contributed by atoms with E-state index in [1.54, 1.807) is 6.08 Å². The lowest BCUT2D eigenvalue weighted by Gasteiger charge is -2.08. The summed E-state index contributed by atoms with van der Waals surface area (Å²) < 4.78 is 37.4. The molecule has 0 aliphatic carbocycles. The van der Waals surface area contributed by atoms with Crippen LogP contribution in [0, 0.1) is 0 Å². The number of anilines is 1. The highest BCUT2D eigenvalue weighted by atomic mass is 35.5. The molecule has 1 heterocycles. The Morgan fingerprint density at radius 3 is 2.55 bits per heavy atom. The van der Waals surface area contributed by atoms with Crippen molar-refractivity contribution in [3.8, 4) is 0 Å². The molecule has 0 unspecified atom stereocenters. The monoisotopic (exact) mass is 325 g/mol. The number of halogens is 4. The third kappa shape index (κ3) is 4.60. The molecule has 114 valence electrons. The SMILES string of the molecule is FC(F)(F)c1cnc(NN=CC=Cc2ccccc2)c(Cl)c1. The number of hydrazone groups is 1. The van der Waals surface area contributed by atoms with E-state index in [1.807, 2.05) is 36.4 Å². The van der Waals surface area contributed by atoms with Crippen molar-refractivity contribution in [2.75, 3.05) is 5.43 Å². The van der Waals surface area contributed by atoms with Gasteiger partial charge in [-0.25, -0.2) is 4.98 Å². The lowest BCUT2D eigenvalue weighted by molar-refractivity contribution is -0.137. The summed E-state index contributed by atoms with van der Waals surface area (Å²) in [4.78, 5) is 3.60. The van der Waals surface area contributed by atoms with Crippen LogP contribution in [0.1, 0.15) is 11.1 Å². The van der Waals surface area contributed by atoms with Gasteiger partial charge >= 0.3 is 6.18 Å². The number of alkyl halides is 3. The van der Waals surface area contributed by atoms with Crippen LogP contribution in [0.2, 0.25) is 5.02 Å². The molecular formula is C15H11ClF3N3. The zero-order chi connectivity index (χ0) is 16.0. The maximum Gasteiger partial charge on any atom is 0.417 e. The lowest BCUT2D eigenvalue weighted by atomic mass is 10.2. The average molecular weight is 326 g/mol. The Balaban J connectivity index is 1.97. The summed E-state index contributed by atoms with van der Waals surface area (Å²) in [5, 5.41) is 3.67. The minimum atomic E-state index is -4.48. The van der Waals surface area contributed by atoms with Crippen LogP contribution in [0.15, 0.2) is 53.8 Å². The summed E-state index contributed by atoms with van der Waals surface area (Å²) in [6.45, 7) is 0. The molecule has 7 heteroatoms. The number of aromatic nitrogens is 1. The first kappa shape index (κ1) is 16.0. The fourth-order valence-corrected chi connectivity index (χ4v) is 1.74. The second-order valence-electron chi connectivity index (χ2n) is 4.21. The smallest absolute Gasteiger partial charge is 0.260 e. The van der Waals surface area contributed by atoms with Crippen molar-refractivity contribution in [2.45, 2.75) is 6.18 Å². The van der Waals surface area contributed by atoms with Gasteiger partial charge in [-0.15, -0.1) is 0 Å². The Bertz CT molecular complexity index is 682. The van der Waals surface area contributed by atoms with E-state index in [0.717, 1.165) is 11.6 Å². The molecule has 22 heavy (non-hydrogen) atoms. The lowest BCUT2D eigenvalue weighted by Crippen LogP contribution is -2.06. The molecule has 0 saturated heterocycles. The minimum absolute atomic E-state index is 0.0547. The zero-order valence-electron chi connectivity index (χ0n) is 11.2. The molecule has 2 rings (SSSR count). The van der Waals surface area contributed by atoms with Crippen LogP contribution in [0.5, 0.6) is 0 Å². The van der Waals surface area contributed by atoms with E-state index in [9.17, 15) is 13.2 Å². The van der Waals surface area contributed by atoms with Gasteiger partial charge in [0.2, 0.25) is 0 Å². The first-order valence-corrected chi connectivity index (χ1v) is 6.58. The van der Waals surface area contributed by atoms with Crippen LogP contribution < -0.4 is 5.43 Å².